The maximum Gasteiger partial charge on any atom is 0.257 e. The lowest BCUT2D eigenvalue weighted by Gasteiger charge is -2.22. The third-order valence-corrected chi connectivity index (χ3v) is 6.44. The third-order valence-electron chi connectivity index (χ3n) is 6.44. The molecule has 3 aromatic rings. The van der Waals surface area contributed by atoms with Crippen molar-refractivity contribution in [2.45, 2.75) is 45.6 Å². The normalized spacial score (nSPS) is 13.6. The molecule has 0 saturated carbocycles. The van der Waals surface area contributed by atoms with Crippen LogP contribution in [0.15, 0.2) is 35.1 Å². The van der Waals surface area contributed by atoms with E-state index in [2.05, 4.69) is 31.9 Å². The maximum absolute atomic E-state index is 13.3. The Balaban J connectivity index is 1.92. The van der Waals surface area contributed by atoms with Gasteiger partial charge in [0.15, 0.2) is 6.29 Å². The number of ether oxygens (including phenoxy) is 1. The molecule has 0 amide bonds. The van der Waals surface area contributed by atoms with Gasteiger partial charge >= 0.3 is 0 Å². The molecule has 1 N–H and O–H groups in total. The molecule has 1 unspecified atom stereocenters. The van der Waals surface area contributed by atoms with Crippen molar-refractivity contribution >= 4 is 17.2 Å². The predicted octanol–water partition coefficient (Wildman–Crippen LogP) is 2.69. The zero-order chi connectivity index (χ0) is 23.0. The van der Waals surface area contributed by atoms with Crippen molar-refractivity contribution in [2.75, 3.05) is 20.7 Å². The van der Waals surface area contributed by atoms with Crippen LogP contribution < -0.4 is 5.56 Å². The zero-order valence-electron chi connectivity index (χ0n) is 19.0. The summed E-state index contributed by atoms with van der Waals surface area (Å²) in [5, 5.41) is 11.4. The van der Waals surface area contributed by atoms with E-state index >= 15 is 0 Å². The largest absolute Gasteiger partial charge is 0.381 e. The lowest BCUT2D eigenvalue weighted by molar-refractivity contribution is -0.115. The topological polar surface area (TPSA) is 84.7 Å². The van der Waals surface area contributed by atoms with Gasteiger partial charge in [-0.2, -0.15) is 0 Å². The fraction of sp³-hybridized carbons (Fsp3) is 0.400. The highest BCUT2D eigenvalue weighted by molar-refractivity contribution is 5.88. The second-order valence-corrected chi connectivity index (χ2v) is 8.63. The Morgan fingerprint density at radius 2 is 2.03 bits per heavy atom. The van der Waals surface area contributed by atoms with Gasteiger partial charge in [0.1, 0.15) is 6.10 Å². The summed E-state index contributed by atoms with van der Waals surface area (Å²) < 4.78 is 6.88. The number of hydrogen-bond acceptors (Lipinski definition) is 6. The van der Waals surface area contributed by atoms with E-state index < -0.39 is 6.10 Å². The number of para-hydroxylation sites is 1. The molecule has 168 valence electrons. The smallest absolute Gasteiger partial charge is 0.257 e. The molecule has 2 aromatic heterocycles. The van der Waals surface area contributed by atoms with Crippen LogP contribution in [0.25, 0.3) is 22.3 Å². The number of likely N-dealkylation sites (N-methyl/N-ethyl adjacent to an activating group) is 1. The summed E-state index contributed by atoms with van der Waals surface area (Å²) >= 11 is 0. The Labute approximate surface area is 187 Å². The van der Waals surface area contributed by atoms with Crippen LogP contribution in [0.4, 0.5) is 0 Å². The summed E-state index contributed by atoms with van der Waals surface area (Å²) in [5.41, 5.74) is 4.78. The Morgan fingerprint density at radius 3 is 2.72 bits per heavy atom. The van der Waals surface area contributed by atoms with Crippen molar-refractivity contribution < 1.29 is 14.6 Å². The van der Waals surface area contributed by atoms with Crippen molar-refractivity contribution in [1.29, 1.82) is 0 Å². The van der Waals surface area contributed by atoms with Gasteiger partial charge in [-0.3, -0.25) is 4.79 Å². The molecule has 0 saturated heterocycles. The van der Waals surface area contributed by atoms with E-state index in [-0.39, 0.29) is 17.7 Å². The Kier molecular flexibility index (Phi) is 6.24. The average Bonchev–Trinajstić information content (AvgIpc) is 3.16. The van der Waals surface area contributed by atoms with Crippen molar-refractivity contribution in [2.24, 2.45) is 0 Å². The second kappa shape index (κ2) is 8.94. The van der Waals surface area contributed by atoms with Gasteiger partial charge in [-0.25, -0.2) is 4.98 Å². The van der Waals surface area contributed by atoms with Gasteiger partial charge < -0.3 is 24.1 Å². The number of nitrogens with zero attached hydrogens (tertiary/aromatic N) is 3. The van der Waals surface area contributed by atoms with Gasteiger partial charge in [0, 0.05) is 41.8 Å². The molecule has 1 atom stereocenters. The molecule has 1 aliphatic heterocycles. The van der Waals surface area contributed by atoms with Crippen molar-refractivity contribution in [3.8, 4) is 11.4 Å². The van der Waals surface area contributed by atoms with Crippen LogP contribution in [-0.2, 0) is 29.1 Å². The Bertz CT molecular complexity index is 1230. The van der Waals surface area contributed by atoms with Crippen LogP contribution >= 0.6 is 0 Å². The summed E-state index contributed by atoms with van der Waals surface area (Å²) in [4.78, 5) is 31.9. The van der Waals surface area contributed by atoms with Gasteiger partial charge in [0.25, 0.3) is 5.56 Å². The first-order valence-corrected chi connectivity index (χ1v) is 10.9. The first kappa shape index (κ1) is 22.3. The van der Waals surface area contributed by atoms with Gasteiger partial charge in [0.05, 0.1) is 30.1 Å². The summed E-state index contributed by atoms with van der Waals surface area (Å²) in [5.74, 6) is 0. The molecule has 0 aliphatic carbocycles. The number of fused-ring (bicyclic) bond motifs is 4. The molecule has 3 heterocycles. The lowest BCUT2D eigenvalue weighted by atomic mass is 9.97. The van der Waals surface area contributed by atoms with Crippen molar-refractivity contribution in [3.63, 3.8) is 0 Å². The highest BCUT2D eigenvalue weighted by Crippen LogP contribution is 2.37. The van der Waals surface area contributed by atoms with E-state index in [1.165, 1.54) is 12.7 Å². The van der Waals surface area contributed by atoms with Crippen LogP contribution in [0.1, 0.15) is 42.2 Å². The van der Waals surface area contributed by atoms with E-state index in [1.807, 2.05) is 18.2 Å². The Hall–Kier alpha value is -2.87. The standard InChI is InChI=1S/C25H29N3O4/c1-15(2)27(3)10-9-16-17-7-5-6-8-21(17)26-24-19(16)12-28-22(24)11-18(23(30)13-29)20(14-32-4)25(28)31/h5-8,11,13,15,23,30H,9-10,12,14H2,1-4H3. The monoisotopic (exact) mass is 435 g/mol. The van der Waals surface area contributed by atoms with Gasteiger partial charge in [-0.15, -0.1) is 0 Å². The van der Waals surface area contributed by atoms with Crippen LogP contribution in [0.3, 0.4) is 0 Å². The molecule has 0 bridgehead atoms. The van der Waals surface area contributed by atoms with Crippen molar-refractivity contribution in [3.05, 3.63) is 62.9 Å². The zero-order valence-corrected chi connectivity index (χ0v) is 19.0. The van der Waals surface area contributed by atoms with Crippen LogP contribution in [0.2, 0.25) is 0 Å². The average molecular weight is 436 g/mol. The number of aromatic nitrogens is 2. The number of carbonyl (C=O) groups is 1. The van der Waals surface area contributed by atoms with E-state index in [9.17, 15) is 14.7 Å². The maximum atomic E-state index is 13.3. The summed E-state index contributed by atoms with van der Waals surface area (Å²) in [6.45, 7) is 5.66. The molecule has 0 radical (unpaired) electrons. The minimum atomic E-state index is -1.39. The van der Waals surface area contributed by atoms with Crippen LogP contribution in [0.5, 0.6) is 0 Å². The van der Waals surface area contributed by atoms with Gasteiger partial charge in [-0.1, -0.05) is 18.2 Å². The van der Waals surface area contributed by atoms with Gasteiger partial charge in [-0.05, 0) is 45.0 Å². The molecule has 0 fully saturated rings. The number of hydrogen-bond donors (Lipinski definition) is 1. The summed E-state index contributed by atoms with van der Waals surface area (Å²) in [6, 6.07) is 10.2. The summed E-state index contributed by atoms with van der Waals surface area (Å²) in [6.07, 6.45) is -0.123. The van der Waals surface area contributed by atoms with Gasteiger partial charge in [0.2, 0.25) is 0 Å². The lowest BCUT2D eigenvalue weighted by Crippen LogP contribution is -2.28. The highest BCUT2D eigenvalue weighted by atomic mass is 16.5. The molecule has 1 aliphatic rings. The number of aldehydes is 1. The number of rotatable bonds is 8. The minimum Gasteiger partial charge on any atom is -0.381 e. The SMILES string of the molecule is COCc1c(C(O)C=O)cc2n(c1=O)Cc1c-2nc2ccccc2c1CCN(C)C(C)C. The molecular weight excluding hydrogens is 406 g/mol. The second-order valence-electron chi connectivity index (χ2n) is 8.63. The minimum absolute atomic E-state index is 0.0249. The third kappa shape index (κ3) is 3.77. The first-order chi connectivity index (χ1) is 15.4. The molecule has 32 heavy (non-hydrogen) atoms. The Morgan fingerprint density at radius 1 is 1.28 bits per heavy atom. The molecular formula is C25H29N3O4. The first-order valence-electron chi connectivity index (χ1n) is 10.9. The molecule has 0 spiro atoms. The van der Waals surface area contributed by atoms with E-state index in [0.29, 0.717) is 30.1 Å². The molecule has 7 heteroatoms. The predicted molar refractivity (Wildman–Crippen MR) is 124 cm³/mol. The van der Waals surface area contributed by atoms with Crippen LogP contribution in [-0.4, -0.2) is 52.6 Å². The number of carbonyl (C=O) groups excluding carboxylic acids is 1. The molecule has 4 rings (SSSR count). The fourth-order valence-electron chi connectivity index (χ4n) is 4.38. The fourth-order valence-corrected chi connectivity index (χ4v) is 4.38. The van der Waals surface area contributed by atoms with E-state index in [4.69, 9.17) is 9.72 Å². The molecule has 1 aromatic carbocycles. The highest BCUT2D eigenvalue weighted by Gasteiger charge is 2.29. The van der Waals surface area contributed by atoms with Crippen molar-refractivity contribution in [1.82, 2.24) is 14.5 Å². The van der Waals surface area contributed by atoms with E-state index in [0.717, 1.165) is 35.1 Å². The van der Waals surface area contributed by atoms with E-state index in [1.54, 1.807) is 10.6 Å². The number of benzene rings is 1. The number of aliphatic hydroxyl groups is 1. The number of aliphatic hydroxyl groups excluding tert-OH is 1. The quantitative estimate of drug-likeness (QED) is 0.429. The molecule has 7 nitrogen and oxygen atoms in total. The number of methoxy groups -OCH3 is 1. The summed E-state index contributed by atoms with van der Waals surface area (Å²) in [7, 11) is 3.60. The van der Waals surface area contributed by atoms with Crippen LogP contribution in [0, 0.1) is 0 Å². The number of pyridine rings is 2.